The van der Waals surface area contributed by atoms with E-state index in [9.17, 15) is 0 Å². The van der Waals surface area contributed by atoms with Crippen molar-refractivity contribution >= 4 is 17.4 Å². The molecule has 0 aliphatic heterocycles. The first-order valence-corrected chi connectivity index (χ1v) is 6.54. The Balaban J connectivity index is 2.29. The Labute approximate surface area is 117 Å². The first-order chi connectivity index (χ1) is 9.24. The van der Waals surface area contributed by atoms with Crippen molar-refractivity contribution in [3.8, 4) is 17.0 Å². The molecule has 0 saturated carbocycles. The Hall–Kier alpha value is -1.81. The SMILES string of the molecule is CCCNc1ccc(-c2cc(Cl)ccc2OC)nn1. The van der Waals surface area contributed by atoms with Gasteiger partial charge < -0.3 is 10.1 Å². The number of nitrogens with zero attached hydrogens (tertiary/aromatic N) is 2. The summed E-state index contributed by atoms with van der Waals surface area (Å²) in [6.07, 6.45) is 1.05. The molecular formula is C14H16ClN3O. The zero-order valence-corrected chi connectivity index (χ0v) is 11.7. The number of aromatic nitrogens is 2. The predicted molar refractivity (Wildman–Crippen MR) is 77.8 cm³/mol. The van der Waals surface area contributed by atoms with Gasteiger partial charge in [-0.05, 0) is 36.8 Å². The van der Waals surface area contributed by atoms with Crippen LogP contribution in [0.4, 0.5) is 5.82 Å². The number of benzene rings is 1. The van der Waals surface area contributed by atoms with Gasteiger partial charge >= 0.3 is 0 Å². The molecule has 0 radical (unpaired) electrons. The average molecular weight is 278 g/mol. The van der Waals surface area contributed by atoms with Gasteiger partial charge in [-0.15, -0.1) is 10.2 Å². The monoisotopic (exact) mass is 277 g/mol. The van der Waals surface area contributed by atoms with Gasteiger partial charge in [0.05, 0.1) is 12.8 Å². The number of hydrogen-bond donors (Lipinski definition) is 1. The van der Waals surface area contributed by atoms with E-state index in [1.165, 1.54) is 0 Å². The molecule has 0 unspecified atom stereocenters. The second-order valence-corrected chi connectivity index (χ2v) is 4.51. The van der Waals surface area contributed by atoms with Crippen LogP contribution in [0.25, 0.3) is 11.3 Å². The minimum absolute atomic E-state index is 0.644. The van der Waals surface area contributed by atoms with Gasteiger partial charge in [0.2, 0.25) is 0 Å². The van der Waals surface area contributed by atoms with Crippen LogP contribution < -0.4 is 10.1 Å². The lowest BCUT2D eigenvalue weighted by Crippen LogP contribution is -2.03. The number of anilines is 1. The number of nitrogens with one attached hydrogen (secondary N) is 1. The molecule has 1 heterocycles. The van der Waals surface area contributed by atoms with Crippen LogP contribution in [0.2, 0.25) is 5.02 Å². The number of ether oxygens (including phenoxy) is 1. The quantitative estimate of drug-likeness (QED) is 0.907. The summed E-state index contributed by atoms with van der Waals surface area (Å²) < 4.78 is 5.31. The van der Waals surface area contributed by atoms with Gasteiger partial charge in [-0.25, -0.2) is 0 Å². The number of hydrogen-bond acceptors (Lipinski definition) is 4. The van der Waals surface area contributed by atoms with Crippen LogP contribution in [0, 0.1) is 0 Å². The fourth-order valence-corrected chi connectivity index (χ4v) is 1.88. The molecule has 0 bridgehead atoms. The summed E-state index contributed by atoms with van der Waals surface area (Å²) in [6.45, 7) is 2.99. The van der Waals surface area contributed by atoms with E-state index < -0.39 is 0 Å². The Kier molecular flexibility index (Phi) is 4.58. The topological polar surface area (TPSA) is 47.0 Å². The van der Waals surface area contributed by atoms with Gasteiger partial charge in [0, 0.05) is 17.1 Å². The number of halogens is 1. The second kappa shape index (κ2) is 6.38. The van der Waals surface area contributed by atoms with Crippen molar-refractivity contribution in [1.82, 2.24) is 10.2 Å². The molecule has 0 spiro atoms. The van der Waals surface area contributed by atoms with Crippen LogP contribution in [0.1, 0.15) is 13.3 Å². The van der Waals surface area contributed by atoms with Crippen LogP contribution in [-0.2, 0) is 0 Å². The van der Waals surface area contributed by atoms with Gasteiger partial charge in [-0.3, -0.25) is 0 Å². The van der Waals surface area contributed by atoms with E-state index in [0.29, 0.717) is 5.02 Å². The van der Waals surface area contributed by atoms with Gasteiger partial charge in [-0.2, -0.15) is 0 Å². The minimum Gasteiger partial charge on any atom is -0.496 e. The van der Waals surface area contributed by atoms with E-state index in [2.05, 4.69) is 22.4 Å². The molecule has 0 aliphatic carbocycles. The molecule has 19 heavy (non-hydrogen) atoms. The van der Waals surface area contributed by atoms with E-state index in [-0.39, 0.29) is 0 Å². The van der Waals surface area contributed by atoms with Gasteiger partial charge in [0.15, 0.2) is 0 Å². The third-order valence-electron chi connectivity index (χ3n) is 2.66. The molecule has 0 aliphatic rings. The van der Waals surface area contributed by atoms with Crippen LogP contribution >= 0.6 is 11.6 Å². The molecule has 2 aromatic rings. The van der Waals surface area contributed by atoms with Crippen LogP contribution in [0.5, 0.6) is 5.75 Å². The van der Waals surface area contributed by atoms with Gasteiger partial charge in [0.1, 0.15) is 11.6 Å². The van der Waals surface area contributed by atoms with Crippen LogP contribution in [0.15, 0.2) is 30.3 Å². The van der Waals surface area contributed by atoms with E-state index in [1.807, 2.05) is 24.3 Å². The van der Waals surface area contributed by atoms with Crippen molar-refractivity contribution in [3.05, 3.63) is 35.4 Å². The maximum atomic E-state index is 6.01. The number of rotatable bonds is 5. The standard InChI is InChI=1S/C14H16ClN3O/c1-3-8-16-14-7-5-12(17-18-14)11-9-10(15)4-6-13(11)19-2/h4-7,9H,3,8H2,1-2H3,(H,16,18). The van der Waals surface area contributed by atoms with Gasteiger partial charge in [0.25, 0.3) is 0 Å². The summed E-state index contributed by atoms with van der Waals surface area (Å²) >= 11 is 6.01. The van der Waals surface area contributed by atoms with Crippen molar-refractivity contribution in [2.75, 3.05) is 19.0 Å². The highest BCUT2D eigenvalue weighted by molar-refractivity contribution is 6.30. The minimum atomic E-state index is 0.644. The molecule has 1 aromatic heterocycles. The highest BCUT2D eigenvalue weighted by Crippen LogP contribution is 2.31. The Bertz CT molecular complexity index is 543. The fourth-order valence-electron chi connectivity index (χ4n) is 1.70. The third kappa shape index (κ3) is 3.35. The Morgan fingerprint density at radius 2 is 2.05 bits per heavy atom. The molecule has 5 heteroatoms. The lowest BCUT2D eigenvalue weighted by Gasteiger charge is -2.08. The summed E-state index contributed by atoms with van der Waals surface area (Å²) in [5, 5.41) is 12.2. The summed E-state index contributed by atoms with van der Waals surface area (Å²) in [5.41, 5.74) is 1.57. The van der Waals surface area contributed by atoms with E-state index >= 15 is 0 Å². The first kappa shape index (κ1) is 13.6. The Morgan fingerprint density at radius 1 is 1.21 bits per heavy atom. The third-order valence-corrected chi connectivity index (χ3v) is 2.89. The molecule has 2 rings (SSSR count). The lowest BCUT2D eigenvalue weighted by molar-refractivity contribution is 0.416. The largest absolute Gasteiger partial charge is 0.496 e. The normalized spacial score (nSPS) is 10.3. The molecule has 0 amide bonds. The highest BCUT2D eigenvalue weighted by Gasteiger charge is 2.08. The number of methoxy groups -OCH3 is 1. The lowest BCUT2D eigenvalue weighted by atomic mass is 10.1. The maximum absolute atomic E-state index is 6.01. The van der Waals surface area contributed by atoms with Crippen LogP contribution in [0.3, 0.4) is 0 Å². The maximum Gasteiger partial charge on any atom is 0.148 e. The molecule has 1 aromatic carbocycles. The first-order valence-electron chi connectivity index (χ1n) is 6.16. The molecule has 0 saturated heterocycles. The average Bonchev–Trinajstić information content (AvgIpc) is 2.45. The Morgan fingerprint density at radius 3 is 2.68 bits per heavy atom. The molecule has 0 atom stereocenters. The van der Waals surface area contributed by atoms with Crippen LogP contribution in [-0.4, -0.2) is 23.9 Å². The summed E-state index contributed by atoms with van der Waals surface area (Å²) in [4.78, 5) is 0. The molecule has 0 fully saturated rings. The van der Waals surface area contributed by atoms with E-state index in [4.69, 9.17) is 16.3 Å². The fraction of sp³-hybridized carbons (Fsp3) is 0.286. The molecule has 4 nitrogen and oxygen atoms in total. The summed E-state index contributed by atoms with van der Waals surface area (Å²) in [6, 6.07) is 9.23. The van der Waals surface area contributed by atoms with Crippen molar-refractivity contribution in [1.29, 1.82) is 0 Å². The van der Waals surface area contributed by atoms with E-state index in [0.717, 1.165) is 35.8 Å². The molecule has 1 N–H and O–H groups in total. The summed E-state index contributed by atoms with van der Waals surface area (Å²) in [7, 11) is 1.62. The highest BCUT2D eigenvalue weighted by atomic mass is 35.5. The molecule has 100 valence electrons. The molecular weight excluding hydrogens is 262 g/mol. The van der Waals surface area contributed by atoms with E-state index in [1.54, 1.807) is 13.2 Å². The predicted octanol–water partition coefficient (Wildman–Crippen LogP) is 3.63. The second-order valence-electron chi connectivity index (χ2n) is 4.08. The van der Waals surface area contributed by atoms with Gasteiger partial charge in [-0.1, -0.05) is 18.5 Å². The van der Waals surface area contributed by atoms with Crippen molar-refractivity contribution < 1.29 is 4.74 Å². The van der Waals surface area contributed by atoms with Crippen molar-refractivity contribution in [3.63, 3.8) is 0 Å². The summed E-state index contributed by atoms with van der Waals surface area (Å²) in [5.74, 6) is 1.50. The van der Waals surface area contributed by atoms with Crippen molar-refractivity contribution in [2.24, 2.45) is 0 Å². The van der Waals surface area contributed by atoms with Crippen molar-refractivity contribution in [2.45, 2.75) is 13.3 Å². The zero-order valence-electron chi connectivity index (χ0n) is 11.0. The smallest absolute Gasteiger partial charge is 0.148 e. The zero-order chi connectivity index (χ0) is 13.7.